The maximum Gasteiger partial charge on any atom is 0.310 e. The van der Waals surface area contributed by atoms with Crippen LogP contribution in [0.15, 0.2) is 23.1 Å². The first-order valence-corrected chi connectivity index (χ1v) is 8.79. The molecule has 0 aromatic heterocycles. The Balaban J connectivity index is 2.12. The Morgan fingerprint density at radius 1 is 1.30 bits per heavy atom. The molecule has 0 saturated heterocycles. The predicted octanol–water partition coefficient (Wildman–Crippen LogP) is 4.56. The summed E-state index contributed by atoms with van der Waals surface area (Å²) >= 11 is 1.73. The molecule has 1 aliphatic rings. The summed E-state index contributed by atoms with van der Waals surface area (Å²) in [6.07, 6.45) is 9.17. The van der Waals surface area contributed by atoms with E-state index in [1.54, 1.807) is 11.8 Å². The van der Waals surface area contributed by atoms with Crippen LogP contribution in [0.1, 0.15) is 56.1 Å². The van der Waals surface area contributed by atoms with Crippen molar-refractivity contribution in [2.45, 2.75) is 56.3 Å². The van der Waals surface area contributed by atoms with Gasteiger partial charge in [0.2, 0.25) is 0 Å². The first-order valence-electron chi connectivity index (χ1n) is 7.57. The number of benzene rings is 1. The number of esters is 1. The highest BCUT2D eigenvalue weighted by Gasteiger charge is 2.17. The van der Waals surface area contributed by atoms with Crippen molar-refractivity contribution < 1.29 is 9.53 Å². The monoisotopic (exact) mass is 292 g/mol. The minimum Gasteiger partial charge on any atom is -0.466 e. The lowest BCUT2D eigenvalue weighted by Crippen LogP contribution is -2.09. The molecule has 1 aromatic rings. The average Bonchev–Trinajstić information content (AvgIpc) is 2.49. The van der Waals surface area contributed by atoms with E-state index in [9.17, 15) is 4.79 Å². The zero-order valence-electron chi connectivity index (χ0n) is 12.5. The fourth-order valence-electron chi connectivity index (χ4n) is 2.96. The second-order valence-electron chi connectivity index (χ2n) is 5.39. The molecule has 0 amide bonds. The lowest BCUT2D eigenvalue weighted by atomic mass is 9.84. The summed E-state index contributed by atoms with van der Waals surface area (Å²) in [6, 6.07) is 6.62. The van der Waals surface area contributed by atoms with Gasteiger partial charge in [-0.25, -0.2) is 0 Å². The van der Waals surface area contributed by atoms with Gasteiger partial charge in [-0.2, -0.15) is 0 Å². The number of thioether (sulfide) groups is 1. The van der Waals surface area contributed by atoms with Gasteiger partial charge in [0, 0.05) is 4.90 Å². The predicted molar refractivity (Wildman–Crippen MR) is 84.4 cm³/mol. The van der Waals surface area contributed by atoms with Crippen LogP contribution in [0.25, 0.3) is 0 Å². The Morgan fingerprint density at radius 3 is 2.70 bits per heavy atom. The number of carbonyl (C=O) groups is 1. The van der Waals surface area contributed by atoms with Crippen molar-refractivity contribution in [2.75, 3.05) is 12.9 Å². The summed E-state index contributed by atoms with van der Waals surface area (Å²) in [5.74, 6) is 0.583. The molecule has 0 radical (unpaired) electrons. The Morgan fingerprint density at radius 2 is 2.05 bits per heavy atom. The van der Waals surface area contributed by atoms with E-state index in [0.29, 0.717) is 18.9 Å². The smallest absolute Gasteiger partial charge is 0.310 e. The quantitative estimate of drug-likeness (QED) is 0.588. The molecule has 0 aliphatic heterocycles. The van der Waals surface area contributed by atoms with E-state index in [0.717, 1.165) is 5.56 Å². The molecule has 0 unspecified atom stereocenters. The molecule has 2 nitrogen and oxygen atoms in total. The summed E-state index contributed by atoms with van der Waals surface area (Å²) in [4.78, 5) is 12.9. The highest BCUT2D eigenvalue weighted by Crippen LogP contribution is 2.35. The average molecular weight is 292 g/mol. The van der Waals surface area contributed by atoms with Gasteiger partial charge in [-0.3, -0.25) is 4.79 Å². The third kappa shape index (κ3) is 4.02. The molecule has 2 rings (SSSR count). The van der Waals surface area contributed by atoms with Crippen molar-refractivity contribution in [3.63, 3.8) is 0 Å². The van der Waals surface area contributed by atoms with Crippen LogP contribution in [0.4, 0.5) is 0 Å². The SMILES string of the molecule is CCOC(=O)Cc1ccc(C2CCCCC2)cc1SC. The molecular formula is C17H24O2S. The van der Waals surface area contributed by atoms with E-state index in [1.165, 1.54) is 42.6 Å². The third-order valence-electron chi connectivity index (χ3n) is 4.03. The van der Waals surface area contributed by atoms with Crippen LogP contribution < -0.4 is 0 Å². The van der Waals surface area contributed by atoms with E-state index >= 15 is 0 Å². The Hall–Kier alpha value is -0.960. The number of hydrogen-bond donors (Lipinski definition) is 0. The van der Waals surface area contributed by atoms with Gasteiger partial charge >= 0.3 is 5.97 Å². The Kier molecular flexibility index (Phi) is 5.96. The Bertz CT molecular complexity index is 450. The van der Waals surface area contributed by atoms with E-state index in [1.807, 2.05) is 6.92 Å². The fraction of sp³-hybridized carbons (Fsp3) is 0.588. The van der Waals surface area contributed by atoms with Gasteiger partial charge in [-0.1, -0.05) is 31.4 Å². The lowest BCUT2D eigenvalue weighted by Gasteiger charge is -2.23. The standard InChI is InChI=1S/C17H24O2S/c1-3-19-17(18)12-15-10-9-14(11-16(15)20-2)13-7-5-4-6-8-13/h9-11,13H,3-8,12H2,1-2H3. The third-order valence-corrected chi connectivity index (χ3v) is 4.85. The van der Waals surface area contributed by atoms with Crippen molar-refractivity contribution in [3.8, 4) is 0 Å². The largest absolute Gasteiger partial charge is 0.466 e. The normalized spacial score (nSPS) is 16.1. The van der Waals surface area contributed by atoms with E-state index < -0.39 is 0 Å². The van der Waals surface area contributed by atoms with Crippen LogP contribution >= 0.6 is 11.8 Å². The molecule has 1 aliphatic carbocycles. The minimum absolute atomic E-state index is 0.131. The molecule has 20 heavy (non-hydrogen) atoms. The van der Waals surface area contributed by atoms with E-state index in [4.69, 9.17) is 4.74 Å². The van der Waals surface area contributed by atoms with Crippen LogP contribution in [0.3, 0.4) is 0 Å². The van der Waals surface area contributed by atoms with Crippen molar-refractivity contribution in [1.82, 2.24) is 0 Å². The molecule has 3 heteroatoms. The Labute approximate surface area is 126 Å². The zero-order valence-corrected chi connectivity index (χ0v) is 13.3. The van der Waals surface area contributed by atoms with Crippen LogP contribution in [0.2, 0.25) is 0 Å². The first kappa shape index (κ1) is 15.4. The number of rotatable bonds is 5. The molecule has 1 fully saturated rings. The van der Waals surface area contributed by atoms with Crippen molar-refractivity contribution in [1.29, 1.82) is 0 Å². The highest BCUT2D eigenvalue weighted by atomic mass is 32.2. The van der Waals surface area contributed by atoms with Gasteiger partial charge in [0.1, 0.15) is 0 Å². The molecule has 1 saturated carbocycles. The highest BCUT2D eigenvalue weighted by molar-refractivity contribution is 7.98. The van der Waals surface area contributed by atoms with Gasteiger partial charge in [-0.15, -0.1) is 11.8 Å². The molecule has 1 aromatic carbocycles. The number of ether oxygens (including phenoxy) is 1. The second kappa shape index (κ2) is 7.72. The summed E-state index contributed by atoms with van der Waals surface area (Å²) in [5.41, 5.74) is 2.54. The topological polar surface area (TPSA) is 26.3 Å². The summed E-state index contributed by atoms with van der Waals surface area (Å²) in [7, 11) is 0. The minimum atomic E-state index is -0.131. The molecule has 0 bridgehead atoms. The maximum absolute atomic E-state index is 11.6. The van der Waals surface area contributed by atoms with Gasteiger partial charge in [0.05, 0.1) is 13.0 Å². The van der Waals surface area contributed by atoms with E-state index in [2.05, 4.69) is 24.5 Å². The van der Waals surface area contributed by atoms with Crippen LogP contribution in [0, 0.1) is 0 Å². The van der Waals surface area contributed by atoms with Crippen LogP contribution in [-0.4, -0.2) is 18.8 Å². The number of hydrogen-bond acceptors (Lipinski definition) is 3. The summed E-state index contributed by atoms with van der Waals surface area (Å²) in [5, 5.41) is 0. The molecule has 0 spiro atoms. The zero-order chi connectivity index (χ0) is 14.4. The lowest BCUT2D eigenvalue weighted by molar-refractivity contribution is -0.142. The van der Waals surface area contributed by atoms with Gasteiger partial charge in [0.15, 0.2) is 0 Å². The second-order valence-corrected chi connectivity index (χ2v) is 6.24. The van der Waals surface area contributed by atoms with Gasteiger partial charge < -0.3 is 4.74 Å². The van der Waals surface area contributed by atoms with E-state index in [-0.39, 0.29) is 5.97 Å². The van der Waals surface area contributed by atoms with Crippen molar-refractivity contribution in [3.05, 3.63) is 29.3 Å². The molecule has 110 valence electrons. The maximum atomic E-state index is 11.6. The van der Waals surface area contributed by atoms with Crippen molar-refractivity contribution >= 4 is 17.7 Å². The fourth-order valence-corrected chi connectivity index (χ4v) is 3.62. The van der Waals surface area contributed by atoms with Crippen LogP contribution in [-0.2, 0) is 16.0 Å². The summed E-state index contributed by atoms with van der Waals surface area (Å²) in [6.45, 7) is 2.30. The molecule has 0 heterocycles. The molecular weight excluding hydrogens is 268 g/mol. The first-order chi connectivity index (χ1) is 9.74. The van der Waals surface area contributed by atoms with Gasteiger partial charge in [0.25, 0.3) is 0 Å². The molecule has 0 atom stereocenters. The summed E-state index contributed by atoms with van der Waals surface area (Å²) < 4.78 is 5.04. The number of carbonyl (C=O) groups excluding carboxylic acids is 1. The van der Waals surface area contributed by atoms with Gasteiger partial charge in [-0.05, 0) is 49.1 Å². The van der Waals surface area contributed by atoms with Crippen LogP contribution in [0.5, 0.6) is 0 Å². The van der Waals surface area contributed by atoms with Crippen molar-refractivity contribution in [2.24, 2.45) is 0 Å². The molecule has 0 N–H and O–H groups in total.